The van der Waals surface area contributed by atoms with E-state index < -0.39 is 0 Å². The van der Waals surface area contributed by atoms with Crippen LogP contribution in [0, 0.1) is 0 Å². The van der Waals surface area contributed by atoms with E-state index in [9.17, 15) is 0 Å². The van der Waals surface area contributed by atoms with Gasteiger partial charge in [-0.15, -0.1) is 0 Å². The fraction of sp³-hybridized carbons (Fsp3) is 0.625. The molecule has 104 valence electrons. The van der Waals surface area contributed by atoms with Crippen LogP contribution in [-0.2, 0) is 0 Å². The first-order valence-electron chi connectivity index (χ1n) is 7.49. The van der Waals surface area contributed by atoms with Crippen molar-refractivity contribution in [3.63, 3.8) is 0 Å². The van der Waals surface area contributed by atoms with Gasteiger partial charge in [0.15, 0.2) is 0 Å². The third-order valence-corrected chi connectivity index (χ3v) is 4.58. The monoisotopic (exact) mass is 259 g/mol. The van der Waals surface area contributed by atoms with E-state index in [0.29, 0.717) is 6.04 Å². The van der Waals surface area contributed by atoms with Gasteiger partial charge < -0.3 is 10.2 Å². The summed E-state index contributed by atoms with van der Waals surface area (Å²) in [4.78, 5) is 4.84. The Bertz CT molecular complexity index is 413. The van der Waals surface area contributed by atoms with Crippen LogP contribution in [0.3, 0.4) is 0 Å². The lowest BCUT2D eigenvalue weighted by Crippen LogP contribution is -2.54. The molecular weight excluding hydrogens is 234 g/mol. The molecule has 2 atom stereocenters. The maximum Gasteiger partial charge on any atom is 0.0450 e. The minimum Gasteiger partial charge on any atom is -0.378 e. The van der Waals surface area contributed by atoms with Crippen LogP contribution >= 0.6 is 0 Å². The van der Waals surface area contributed by atoms with Crippen LogP contribution in [0.5, 0.6) is 0 Å². The Morgan fingerprint density at radius 2 is 1.95 bits per heavy atom. The minimum atomic E-state index is 0.505. The fourth-order valence-corrected chi connectivity index (χ4v) is 3.34. The van der Waals surface area contributed by atoms with E-state index in [2.05, 4.69) is 53.5 Å². The van der Waals surface area contributed by atoms with Crippen molar-refractivity contribution in [1.29, 1.82) is 0 Å². The van der Waals surface area contributed by atoms with Crippen LogP contribution in [0.2, 0.25) is 0 Å². The van der Waals surface area contributed by atoms with Crippen LogP contribution in [-0.4, -0.2) is 44.7 Å². The Balaban J connectivity index is 1.69. The smallest absolute Gasteiger partial charge is 0.0450 e. The van der Waals surface area contributed by atoms with Gasteiger partial charge in [-0.3, -0.25) is 4.90 Å². The van der Waals surface area contributed by atoms with Crippen molar-refractivity contribution in [3.8, 4) is 0 Å². The molecule has 0 saturated carbocycles. The van der Waals surface area contributed by atoms with Crippen molar-refractivity contribution < 1.29 is 0 Å². The van der Waals surface area contributed by atoms with Crippen LogP contribution in [0.25, 0.3) is 0 Å². The Labute approximate surface area is 116 Å². The van der Waals surface area contributed by atoms with Crippen molar-refractivity contribution in [3.05, 3.63) is 29.8 Å². The van der Waals surface area contributed by atoms with E-state index in [0.717, 1.165) is 12.6 Å². The number of nitrogens with one attached hydrogen (secondary N) is 1. The molecule has 0 spiro atoms. The van der Waals surface area contributed by atoms with E-state index in [1.165, 1.54) is 43.6 Å². The lowest BCUT2D eigenvalue weighted by molar-refractivity contribution is 0.0951. The van der Waals surface area contributed by atoms with Crippen molar-refractivity contribution in [2.75, 3.05) is 38.6 Å². The summed E-state index contributed by atoms with van der Waals surface area (Å²) < 4.78 is 0. The highest BCUT2D eigenvalue weighted by Gasteiger charge is 2.30. The van der Waals surface area contributed by atoms with Crippen molar-refractivity contribution in [1.82, 2.24) is 10.2 Å². The van der Waals surface area contributed by atoms with Crippen molar-refractivity contribution in [2.45, 2.75) is 31.3 Å². The topological polar surface area (TPSA) is 18.5 Å². The van der Waals surface area contributed by atoms with Gasteiger partial charge in [0.25, 0.3) is 0 Å². The number of piperidine rings is 1. The van der Waals surface area contributed by atoms with Gasteiger partial charge in [0.1, 0.15) is 0 Å². The van der Waals surface area contributed by atoms with E-state index in [4.69, 9.17) is 0 Å². The zero-order chi connectivity index (χ0) is 13.2. The highest BCUT2D eigenvalue weighted by molar-refractivity contribution is 5.46. The van der Waals surface area contributed by atoms with Crippen LogP contribution < -0.4 is 10.2 Å². The molecule has 2 fully saturated rings. The van der Waals surface area contributed by atoms with Gasteiger partial charge in [-0.2, -0.15) is 0 Å². The molecule has 1 aromatic rings. The Kier molecular flexibility index (Phi) is 3.76. The summed E-state index contributed by atoms with van der Waals surface area (Å²) in [6.07, 6.45) is 4.16. The molecular formula is C16H25N3. The molecule has 2 saturated heterocycles. The Morgan fingerprint density at radius 3 is 2.68 bits per heavy atom. The molecule has 3 heteroatoms. The number of anilines is 1. The molecule has 0 aromatic heterocycles. The third kappa shape index (κ3) is 2.77. The molecule has 0 radical (unpaired) electrons. The highest BCUT2D eigenvalue weighted by Crippen LogP contribution is 2.26. The number of rotatable bonds is 2. The largest absolute Gasteiger partial charge is 0.378 e. The first-order valence-corrected chi connectivity index (χ1v) is 7.49. The number of benzene rings is 1. The molecule has 0 amide bonds. The maximum atomic E-state index is 3.73. The Hall–Kier alpha value is -1.06. The average molecular weight is 259 g/mol. The summed E-state index contributed by atoms with van der Waals surface area (Å²) in [5, 5.41) is 3.73. The van der Waals surface area contributed by atoms with Crippen molar-refractivity contribution in [2.24, 2.45) is 0 Å². The third-order valence-electron chi connectivity index (χ3n) is 4.58. The van der Waals surface area contributed by atoms with Gasteiger partial charge in [-0.1, -0.05) is 18.6 Å². The second-order valence-corrected chi connectivity index (χ2v) is 6.09. The van der Waals surface area contributed by atoms with Crippen molar-refractivity contribution >= 4 is 5.69 Å². The number of hydrogen-bond acceptors (Lipinski definition) is 3. The van der Waals surface area contributed by atoms with E-state index >= 15 is 0 Å². The first-order chi connectivity index (χ1) is 9.24. The van der Waals surface area contributed by atoms with E-state index in [1.807, 2.05) is 0 Å². The molecule has 3 nitrogen and oxygen atoms in total. The minimum absolute atomic E-state index is 0.505. The molecule has 2 unspecified atom stereocenters. The van der Waals surface area contributed by atoms with Gasteiger partial charge in [0.05, 0.1) is 0 Å². The summed E-state index contributed by atoms with van der Waals surface area (Å²) >= 11 is 0. The zero-order valence-corrected chi connectivity index (χ0v) is 12.1. The summed E-state index contributed by atoms with van der Waals surface area (Å²) in [5.41, 5.74) is 2.70. The number of nitrogens with zero attached hydrogens (tertiary/aromatic N) is 2. The maximum absolute atomic E-state index is 3.73. The number of piperazine rings is 1. The quantitative estimate of drug-likeness (QED) is 0.879. The molecule has 1 aromatic carbocycles. The van der Waals surface area contributed by atoms with Gasteiger partial charge >= 0.3 is 0 Å². The van der Waals surface area contributed by atoms with E-state index in [1.54, 1.807) is 0 Å². The molecule has 19 heavy (non-hydrogen) atoms. The Morgan fingerprint density at radius 1 is 1.16 bits per heavy atom. The second-order valence-electron chi connectivity index (χ2n) is 6.09. The number of fused-ring (bicyclic) bond motifs is 1. The lowest BCUT2D eigenvalue weighted by Gasteiger charge is -2.43. The molecule has 1 N–H and O–H groups in total. The van der Waals surface area contributed by atoms with Gasteiger partial charge in [-0.05, 0) is 37.1 Å². The second kappa shape index (κ2) is 5.51. The molecule has 0 aliphatic carbocycles. The molecule has 2 aliphatic rings. The molecule has 2 aliphatic heterocycles. The first kappa shape index (κ1) is 12.9. The van der Waals surface area contributed by atoms with E-state index in [-0.39, 0.29) is 0 Å². The lowest BCUT2D eigenvalue weighted by atomic mass is 9.95. The predicted molar refractivity (Wildman–Crippen MR) is 80.7 cm³/mol. The number of hydrogen-bond donors (Lipinski definition) is 1. The molecule has 2 heterocycles. The summed E-state index contributed by atoms with van der Waals surface area (Å²) in [7, 11) is 4.18. The van der Waals surface area contributed by atoms with Gasteiger partial charge in [0, 0.05) is 45.0 Å². The molecule has 0 bridgehead atoms. The predicted octanol–water partition coefficient (Wildman–Crippen LogP) is 2.25. The van der Waals surface area contributed by atoms with Crippen LogP contribution in [0.15, 0.2) is 24.3 Å². The highest BCUT2D eigenvalue weighted by atomic mass is 15.2. The normalized spacial score (nSPS) is 27.9. The van der Waals surface area contributed by atoms with Gasteiger partial charge in [0.2, 0.25) is 0 Å². The zero-order valence-electron chi connectivity index (χ0n) is 12.1. The summed E-state index contributed by atoms with van der Waals surface area (Å²) in [6.45, 7) is 3.62. The van der Waals surface area contributed by atoms with Gasteiger partial charge in [-0.25, -0.2) is 0 Å². The molecule has 3 rings (SSSR count). The fourth-order valence-electron chi connectivity index (χ4n) is 3.34. The standard InChI is InChI=1S/C16H25N3/c1-18(2)14-8-6-13(7-9-14)16-12-19-10-4-3-5-15(19)11-17-16/h6-9,15-17H,3-5,10-12H2,1-2H3. The average Bonchev–Trinajstić information content (AvgIpc) is 2.47. The summed E-state index contributed by atoms with van der Waals surface area (Å²) in [5.74, 6) is 0. The van der Waals surface area contributed by atoms with Crippen LogP contribution in [0.4, 0.5) is 5.69 Å². The summed E-state index contributed by atoms with van der Waals surface area (Å²) in [6, 6.07) is 10.3. The van der Waals surface area contributed by atoms with Crippen LogP contribution in [0.1, 0.15) is 30.9 Å². The SMILES string of the molecule is CN(C)c1ccc(C2CN3CCCCC3CN2)cc1.